The Labute approximate surface area is 350 Å². The van der Waals surface area contributed by atoms with Crippen LogP contribution in [0.5, 0.6) is 0 Å². The number of rotatable bonds is 5. The molecule has 0 unspecified atom stereocenters. The predicted molar refractivity (Wildman–Crippen MR) is 249 cm³/mol. The van der Waals surface area contributed by atoms with Crippen LogP contribution in [-0.2, 0) is 0 Å². The minimum Gasteiger partial charge on any atom is -0.456 e. The minimum absolute atomic E-state index is 0.629. The monoisotopic (exact) mass is 779 g/mol. The lowest BCUT2D eigenvalue weighted by molar-refractivity contribution is 0.669. The highest BCUT2D eigenvalue weighted by Crippen LogP contribution is 2.55. The standard InChI is InChI=1S/C55H33N5O/c1-4-16-34(17-5-1)53-56-54(35-18-6-2-7-19-35)58-55(57-53)42-30-31-46-51-39(24-14-25-40(42)51)41-26-15-28-47(52(41)59(46)36-20-8-3-9-21-36)60-45-27-12-10-22-37(45)43-32-44-38-23-11-13-29-49(38)61-50(44)33-48(43)60/h1-33H. The summed E-state index contributed by atoms with van der Waals surface area (Å²) in [4.78, 5) is 17.8. The Balaban J connectivity index is 1.09. The summed E-state index contributed by atoms with van der Waals surface area (Å²) >= 11 is 0. The number of para-hydroxylation sites is 4. The van der Waals surface area contributed by atoms with Crippen LogP contribution in [0.25, 0.3) is 105 Å². The van der Waals surface area contributed by atoms with Crippen molar-refractivity contribution in [3.63, 3.8) is 0 Å². The van der Waals surface area contributed by atoms with E-state index in [9.17, 15) is 0 Å². The third kappa shape index (κ3) is 5.06. The van der Waals surface area contributed by atoms with Crippen LogP contribution in [0.1, 0.15) is 0 Å². The molecule has 0 saturated carbocycles. The van der Waals surface area contributed by atoms with E-state index in [1.165, 1.54) is 10.8 Å². The summed E-state index contributed by atoms with van der Waals surface area (Å²) in [5.41, 5.74) is 13.4. The van der Waals surface area contributed by atoms with E-state index in [-0.39, 0.29) is 0 Å². The second kappa shape index (κ2) is 13.1. The summed E-state index contributed by atoms with van der Waals surface area (Å²) in [5.74, 6) is 1.90. The van der Waals surface area contributed by atoms with Gasteiger partial charge in [0, 0.05) is 60.9 Å². The summed E-state index contributed by atoms with van der Waals surface area (Å²) < 4.78 is 8.93. The number of benzene rings is 9. The van der Waals surface area contributed by atoms with Gasteiger partial charge in [-0.1, -0.05) is 146 Å². The Kier molecular flexibility index (Phi) is 7.21. The average Bonchev–Trinajstić information content (AvgIpc) is 3.86. The van der Waals surface area contributed by atoms with Gasteiger partial charge < -0.3 is 13.9 Å². The number of nitrogens with zero attached hydrogens (tertiary/aromatic N) is 5. The molecule has 13 rings (SSSR count). The molecule has 0 fully saturated rings. The lowest BCUT2D eigenvalue weighted by Crippen LogP contribution is -2.18. The number of hydrogen-bond donors (Lipinski definition) is 0. The third-order valence-electron chi connectivity index (χ3n) is 12.2. The fourth-order valence-electron chi connectivity index (χ4n) is 9.50. The molecular formula is C55H33N5O. The summed E-state index contributed by atoms with van der Waals surface area (Å²) in [5, 5.41) is 6.83. The first kappa shape index (κ1) is 33.6. The Hall–Kier alpha value is -8.35. The fraction of sp³-hybridized carbons (Fsp3) is 0. The molecule has 0 saturated heterocycles. The number of aromatic nitrogens is 4. The van der Waals surface area contributed by atoms with Gasteiger partial charge >= 0.3 is 0 Å². The Morgan fingerprint density at radius 2 is 0.984 bits per heavy atom. The molecule has 0 bridgehead atoms. The van der Waals surface area contributed by atoms with Crippen molar-refractivity contribution in [3.8, 4) is 51.0 Å². The summed E-state index contributed by atoms with van der Waals surface area (Å²) in [6, 6.07) is 70.3. The minimum atomic E-state index is 0.629. The van der Waals surface area contributed by atoms with Crippen molar-refractivity contribution in [1.82, 2.24) is 19.5 Å². The van der Waals surface area contributed by atoms with Gasteiger partial charge in [-0.15, -0.1) is 0 Å². The maximum absolute atomic E-state index is 6.51. The molecule has 0 aliphatic carbocycles. The first-order chi connectivity index (χ1) is 30.3. The Morgan fingerprint density at radius 3 is 1.75 bits per heavy atom. The molecule has 0 amide bonds. The van der Waals surface area contributed by atoms with Crippen LogP contribution in [0, 0.1) is 0 Å². The molecule has 0 atom stereocenters. The van der Waals surface area contributed by atoms with Crippen molar-refractivity contribution < 1.29 is 4.42 Å². The van der Waals surface area contributed by atoms with Crippen LogP contribution in [0.4, 0.5) is 17.1 Å². The first-order valence-electron chi connectivity index (χ1n) is 20.5. The van der Waals surface area contributed by atoms with Crippen molar-refractivity contribution in [2.75, 3.05) is 4.90 Å². The molecule has 284 valence electrons. The van der Waals surface area contributed by atoms with E-state index in [4.69, 9.17) is 19.4 Å². The maximum Gasteiger partial charge on any atom is 0.164 e. The van der Waals surface area contributed by atoms with Gasteiger partial charge in [0.05, 0.1) is 28.1 Å². The molecule has 12 aromatic rings. The summed E-state index contributed by atoms with van der Waals surface area (Å²) in [6.45, 7) is 0. The van der Waals surface area contributed by atoms with Crippen LogP contribution in [0.15, 0.2) is 205 Å². The van der Waals surface area contributed by atoms with Crippen molar-refractivity contribution in [2.45, 2.75) is 0 Å². The molecular weight excluding hydrogens is 747 g/mol. The van der Waals surface area contributed by atoms with Crippen molar-refractivity contribution >= 4 is 71.6 Å². The van der Waals surface area contributed by atoms with Gasteiger partial charge in [0.15, 0.2) is 17.5 Å². The molecule has 1 aliphatic heterocycles. The van der Waals surface area contributed by atoms with E-state index in [0.717, 1.165) is 94.3 Å². The first-order valence-corrected chi connectivity index (χ1v) is 20.5. The normalized spacial score (nSPS) is 12.2. The highest BCUT2D eigenvalue weighted by atomic mass is 16.3. The molecule has 9 aromatic carbocycles. The third-order valence-corrected chi connectivity index (χ3v) is 12.2. The molecule has 1 aliphatic rings. The Morgan fingerprint density at radius 1 is 0.361 bits per heavy atom. The van der Waals surface area contributed by atoms with Crippen molar-refractivity contribution in [1.29, 1.82) is 0 Å². The van der Waals surface area contributed by atoms with E-state index in [1.807, 2.05) is 72.8 Å². The summed E-state index contributed by atoms with van der Waals surface area (Å²) in [7, 11) is 0. The molecule has 6 nitrogen and oxygen atoms in total. The largest absolute Gasteiger partial charge is 0.456 e. The molecule has 61 heavy (non-hydrogen) atoms. The molecule has 3 aromatic heterocycles. The van der Waals surface area contributed by atoms with Gasteiger partial charge in [-0.25, -0.2) is 15.0 Å². The highest BCUT2D eigenvalue weighted by Gasteiger charge is 2.31. The lowest BCUT2D eigenvalue weighted by atomic mass is 9.88. The van der Waals surface area contributed by atoms with Crippen LogP contribution < -0.4 is 4.90 Å². The number of anilines is 3. The molecule has 0 spiro atoms. The fourth-order valence-corrected chi connectivity index (χ4v) is 9.50. The van der Waals surface area contributed by atoms with Gasteiger partial charge in [-0.3, -0.25) is 0 Å². The van der Waals surface area contributed by atoms with Crippen molar-refractivity contribution in [3.05, 3.63) is 200 Å². The van der Waals surface area contributed by atoms with Gasteiger partial charge in [-0.05, 0) is 59.5 Å². The zero-order valence-corrected chi connectivity index (χ0v) is 32.7. The molecule has 0 radical (unpaired) electrons. The predicted octanol–water partition coefficient (Wildman–Crippen LogP) is 14.5. The molecule has 4 heterocycles. The Bertz CT molecular complexity index is 3650. The maximum atomic E-state index is 6.51. The van der Waals surface area contributed by atoms with Gasteiger partial charge in [0.2, 0.25) is 0 Å². The summed E-state index contributed by atoms with van der Waals surface area (Å²) in [6.07, 6.45) is 0. The van der Waals surface area contributed by atoms with Crippen molar-refractivity contribution in [2.24, 2.45) is 0 Å². The van der Waals surface area contributed by atoms with Crippen LogP contribution in [0.2, 0.25) is 0 Å². The van der Waals surface area contributed by atoms with Gasteiger partial charge in [-0.2, -0.15) is 0 Å². The zero-order chi connectivity index (χ0) is 40.0. The van der Waals surface area contributed by atoms with Crippen LogP contribution in [0.3, 0.4) is 0 Å². The van der Waals surface area contributed by atoms with E-state index in [1.54, 1.807) is 0 Å². The van der Waals surface area contributed by atoms with E-state index < -0.39 is 0 Å². The van der Waals surface area contributed by atoms with Crippen LogP contribution in [-0.4, -0.2) is 19.5 Å². The lowest BCUT2D eigenvalue weighted by Gasteiger charge is -2.35. The zero-order valence-electron chi connectivity index (χ0n) is 32.7. The molecule has 6 heteroatoms. The highest BCUT2D eigenvalue weighted by molar-refractivity contribution is 6.20. The second-order valence-corrected chi connectivity index (χ2v) is 15.6. The van der Waals surface area contributed by atoms with E-state index >= 15 is 0 Å². The number of hydrogen-bond acceptors (Lipinski definition) is 5. The van der Waals surface area contributed by atoms with E-state index in [2.05, 4.69) is 137 Å². The smallest absolute Gasteiger partial charge is 0.164 e. The average molecular weight is 780 g/mol. The molecule has 0 N–H and O–H groups in total. The van der Waals surface area contributed by atoms with Gasteiger partial charge in [0.1, 0.15) is 11.2 Å². The quantitative estimate of drug-likeness (QED) is 0.174. The topological polar surface area (TPSA) is 60.0 Å². The number of furan rings is 1. The second-order valence-electron chi connectivity index (χ2n) is 15.6. The van der Waals surface area contributed by atoms with Gasteiger partial charge in [0.25, 0.3) is 0 Å². The van der Waals surface area contributed by atoms with Crippen LogP contribution >= 0.6 is 0 Å². The number of fused-ring (bicyclic) bond motifs is 8. The SMILES string of the molecule is c1ccc(-c2nc(-c3ccccc3)nc(-c3ccc4c5c(cccc35)-c3cccc(-n5c6ccccc6c6cc7c(cc65)oc5ccccc57)c3N4c3ccccc3)n2)cc1. The van der Waals surface area contributed by atoms with E-state index in [0.29, 0.717) is 17.5 Å².